The molecule has 1 aromatic heterocycles. The number of nitrogens with two attached hydrogens (primary N) is 1. The largest absolute Gasteiger partial charge is 0.495 e. The van der Waals surface area contributed by atoms with Crippen LogP contribution >= 0.6 is 0 Å². The number of nitrogens with one attached hydrogen (secondary N) is 1. The Hall–Kier alpha value is -2.99. The smallest absolute Gasteiger partial charge is 0.216 e. The number of aryl methyl sites for hydroxylation is 3. The van der Waals surface area contributed by atoms with Crippen LogP contribution in [-0.2, 0) is 13.0 Å². The molecule has 0 bridgehead atoms. The third-order valence-electron chi connectivity index (χ3n) is 5.69. The fraction of sp³-hybridized carbons (Fsp3) is 0.348. The summed E-state index contributed by atoms with van der Waals surface area (Å²) in [6.45, 7) is 4.34. The number of hydrogen-bond donors (Lipinski definition) is 2. The molecule has 1 aliphatic rings. The summed E-state index contributed by atoms with van der Waals surface area (Å²) in [7, 11) is 5.05. The SMILES string of the molecule is COc1cc2c(cc1OC)-c1c(C)c3ccc(OC)c(NCCN)c3c[n+]1CC2. The number of methoxy groups -OCH3 is 3. The number of nitrogens with zero attached hydrogens (tertiary/aromatic N) is 1. The number of hydrogen-bond acceptors (Lipinski definition) is 5. The van der Waals surface area contributed by atoms with Crippen molar-refractivity contribution >= 4 is 16.5 Å². The van der Waals surface area contributed by atoms with Crippen molar-refractivity contribution in [2.75, 3.05) is 39.7 Å². The molecule has 0 fully saturated rings. The minimum atomic E-state index is 0.561. The molecular formula is C23H28N3O3+. The summed E-state index contributed by atoms with van der Waals surface area (Å²) in [5.41, 5.74) is 11.6. The number of fused-ring (bicyclic) bond motifs is 4. The van der Waals surface area contributed by atoms with Crippen molar-refractivity contribution in [3.05, 3.63) is 41.6 Å². The molecule has 0 atom stereocenters. The molecule has 6 heteroatoms. The van der Waals surface area contributed by atoms with E-state index in [2.05, 4.69) is 41.2 Å². The molecule has 0 unspecified atom stereocenters. The first-order valence-electron chi connectivity index (χ1n) is 9.85. The third-order valence-corrected chi connectivity index (χ3v) is 5.69. The Morgan fingerprint density at radius 3 is 2.41 bits per heavy atom. The molecule has 0 radical (unpaired) electrons. The van der Waals surface area contributed by atoms with Crippen LogP contribution in [-0.4, -0.2) is 34.4 Å². The zero-order valence-electron chi connectivity index (χ0n) is 17.5. The third kappa shape index (κ3) is 3.13. The van der Waals surface area contributed by atoms with Crippen molar-refractivity contribution in [1.29, 1.82) is 0 Å². The van der Waals surface area contributed by atoms with Crippen molar-refractivity contribution in [1.82, 2.24) is 0 Å². The van der Waals surface area contributed by atoms with E-state index in [0.29, 0.717) is 13.1 Å². The zero-order valence-corrected chi connectivity index (χ0v) is 17.5. The van der Waals surface area contributed by atoms with Crippen LogP contribution in [0.1, 0.15) is 11.1 Å². The van der Waals surface area contributed by atoms with Gasteiger partial charge in [0.25, 0.3) is 0 Å². The van der Waals surface area contributed by atoms with E-state index >= 15 is 0 Å². The van der Waals surface area contributed by atoms with Gasteiger partial charge in [0.05, 0.1) is 38.0 Å². The lowest BCUT2D eigenvalue weighted by Gasteiger charge is -2.21. The monoisotopic (exact) mass is 394 g/mol. The van der Waals surface area contributed by atoms with Crippen molar-refractivity contribution in [3.63, 3.8) is 0 Å². The molecule has 0 saturated heterocycles. The van der Waals surface area contributed by atoms with Gasteiger partial charge in [-0.1, -0.05) is 0 Å². The lowest BCUT2D eigenvalue weighted by Crippen LogP contribution is -2.41. The summed E-state index contributed by atoms with van der Waals surface area (Å²) in [4.78, 5) is 0. The molecule has 0 amide bonds. The van der Waals surface area contributed by atoms with E-state index in [0.717, 1.165) is 41.3 Å². The Kier molecular flexibility index (Phi) is 5.20. The van der Waals surface area contributed by atoms with Gasteiger partial charge in [0.15, 0.2) is 24.2 Å². The van der Waals surface area contributed by atoms with Gasteiger partial charge in [-0.2, -0.15) is 4.57 Å². The molecule has 0 saturated carbocycles. The second-order valence-electron chi connectivity index (χ2n) is 7.23. The molecular weight excluding hydrogens is 366 g/mol. The maximum Gasteiger partial charge on any atom is 0.216 e. The van der Waals surface area contributed by atoms with Crippen molar-refractivity contribution < 1.29 is 18.8 Å². The van der Waals surface area contributed by atoms with Crippen molar-refractivity contribution in [2.24, 2.45) is 5.73 Å². The highest BCUT2D eigenvalue weighted by Gasteiger charge is 2.29. The van der Waals surface area contributed by atoms with E-state index in [1.807, 2.05) is 6.07 Å². The Bertz CT molecular complexity index is 1080. The lowest BCUT2D eigenvalue weighted by molar-refractivity contribution is -0.686. The summed E-state index contributed by atoms with van der Waals surface area (Å²) >= 11 is 0. The molecule has 3 aromatic rings. The van der Waals surface area contributed by atoms with Gasteiger partial charge in [-0.15, -0.1) is 0 Å². The minimum absolute atomic E-state index is 0.561. The quantitative estimate of drug-likeness (QED) is 0.629. The van der Waals surface area contributed by atoms with E-state index < -0.39 is 0 Å². The highest BCUT2D eigenvalue weighted by atomic mass is 16.5. The van der Waals surface area contributed by atoms with Gasteiger partial charge >= 0.3 is 0 Å². The molecule has 2 aromatic carbocycles. The lowest BCUT2D eigenvalue weighted by atomic mass is 9.91. The van der Waals surface area contributed by atoms with Gasteiger partial charge in [-0.05, 0) is 42.1 Å². The molecule has 29 heavy (non-hydrogen) atoms. The molecule has 6 nitrogen and oxygen atoms in total. The highest BCUT2D eigenvalue weighted by Crippen LogP contribution is 2.41. The maximum atomic E-state index is 5.73. The summed E-state index contributed by atoms with van der Waals surface area (Å²) in [5.74, 6) is 2.35. The predicted octanol–water partition coefficient (Wildman–Crippen LogP) is 3.06. The fourth-order valence-electron chi connectivity index (χ4n) is 4.30. The molecule has 152 valence electrons. The van der Waals surface area contributed by atoms with E-state index in [4.69, 9.17) is 19.9 Å². The number of aromatic nitrogens is 1. The average Bonchev–Trinajstić information content (AvgIpc) is 2.76. The van der Waals surface area contributed by atoms with Gasteiger partial charge in [-0.25, -0.2) is 0 Å². The average molecular weight is 394 g/mol. The number of rotatable bonds is 6. The van der Waals surface area contributed by atoms with Crippen LogP contribution in [0, 0.1) is 6.92 Å². The zero-order chi connectivity index (χ0) is 20.5. The van der Waals surface area contributed by atoms with Crippen molar-refractivity contribution in [2.45, 2.75) is 19.9 Å². The standard InChI is InChI=1S/C23H27N3O3/c1-14-16-5-6-19(27-2)22(25-9-8-24)18(16)13-26-10-7-15-11-20(28-3)21(29-4)12-17(15)23(14)26/h5-6,11-13H,7-10,24H2,1-4H3/p+1. The van der Waals surface area contributed by atoms with Gasteiger partial charge in [0.2, 0.25) is 5.69 Å². The van der Waals surface area contributed by atoms with Crippen LogP contribution in [0.25, 0.3) is 22.0 Å². The summed E-state index contributed by atoms with van der Waals surface area (Å²) in [6.07, 6.45) is 3.16. The van der Waals surface area contributed by atoms with Crippen molar-refractivity contribution in [3.8, 4) is 28.5 Å². The summed E-state index contributed by atoms with van der Waals surface area (Å²) < 4.78 is 19.0. The van der Waals surface area contributed by atoms with Gasteiger partial charge < -0.3 is 25.3 Å². The van der Waals surface area contributed by atoms with Crippen LogP contribution in [0.3, 0.4) is 0 Å². The van der Waals surface area contributed by atoms with Crippen LogP contribution in [0.4, 0.5) is 5.69 Å². The Morgan fingerprint density at radius 2 is 1.72 bits per heavy atom. The molecule has 4 rings (SSSR count). The Morgan fingerprint density at radius 1 is 1.00 bits per heavy atom. The topological polar surface area (TPSA) is 69.6 Å². The van der Waals surface area contributed by atoms with E-state index in [1.54, 1.807) is 21.3 Å². The highest BCUT2D eigenvalue weighted by molar-refractivity contribution is 5.99. The van der Waals surface area contributed by atoms with E-state index in [-0.39, 0.29) is 0 Å². The fourth-order valence-corrected chi connectivity index (χ4v) is 4.30. The van der Waals surface area contributed by atoms with Crippen LogP contribution in [0.5, 0.6) is 17.2 Å². The number of benzene rings is 2. The first-order valence-corrected chi connectivity index (χ1v) is 9.85. The molecule has 1 aliphatic heterocycles. The number of anilines is 1. The maximum absolute atomic E-state index is 5.73. The summed E-state index contributed by atoms with van der Waals surface area (Å²) in [5, 5.41) is 5.78. The Balaban J connectivity index is 1.97. The van der Waals surface area contributed by atoms with Gasteiger partial charge in [0.1, 0.15) is 5.75 Å². The molecule has 0 aliphatic carbocycles. The number of pyridine rings is 1. The predicted molar refractivity (Wildman–Crippen MR) is 115 cm³/mol. The first kappa shape index (κ1) is 19.3. The van der Waals surface area contributed by atoms with Crippen LogP contribution in [0.15, 0.2) is 30.5 Å². The van der Waals surface area contributed by atoms with Crippen LogP contribution < -0.4 is 29.8 Å². The van der Waals surface area contributed by atoms with Crippen LogP contribution in [0.2, 0.25) is 0 Å². The molecule has 2 heterocycles. The second kappa shape index (κ2) is 7.79. The number of ether oxygens (including phenoxy) is 3. The van der Waals surface area contributed by atoms with Gasteiger partial charge in [-0.3, -0.25) is 0 Å². The Labute approximate surface area is 171 Å². The first-order chi connectivity index (χ1) is 14.1. The van der Waals surface area contributed by atoms with Gasteiger partial charge in [0, 0.05) is 25.1 Å². The minimum Gasteiger partial charge on any atom is -0.495 e. The molecule has 3 N–H and O–H groups in total. The molecule has 0 spiro atoms. The second-order valence-corrected chi connectivity index (χ2v) is 7.23. The normalized spacial score (nSPS) is 12.3. The van der Waals surface area contributed by atoms with E-state index in [1.165, 1.54) is 27.8 Å². The summed E-state index contributed by atoms with van der Waals surface area (Å²) in [6, 6.07) is 8.34. The van der Waals surface area contributed by atoms with E-state index in [9.17, 15) is 0 Å².